The summed E-state index contributed by atoms with van der Waals surface area (Å²) in [6, 6.07) is 0.412. The van der Waals surface area contributed by atoms with Crippen molar-refractivity contribution in [3.63, 3.8) is 0 Å². The largest absolute Gasteiger partial charge is 0.221 e. The summed E-state index contributed by atoms with van der Waals surface area (Å²) in [6.45, 7) is 4.23. The van der Waals surface area contributed by atoms with Crippen LogP contribution in [-0.2, 0) is 0 Å². The topological polar surface area (TPSA) is 43.6 Å². The van der Waals surface area contributed by atoms with Gasteiger partial charge in [-0.25, -0.2) is 4.68 Å². The summed E-state index contributed by atoms with van der Waals surface area (Å²) in [5, 5.41) is 10.7. The molecule has 0 spiro atoms. The molecule has 0 fully saturated rings. The first-order valence-electron chi connectivity index (χ1n) is 3.54. The Morgan fingerprint density at radius 1 is 1.40 bits per heavy atom. The van der Waals surface area contributed by atoms with Gasteiger partial charge in [0.15, 0.2) is 0 Å². The zero-order chi connectivity index (χ0) is 7.40. The van der Waals surface area contributed by atoms with E-state index in [9.17, 15) is 0 Å². The van der Waals surface area contributed by atoms with Crippen molar-refractivity contribution in [1.82, 2.24) is 20.2 Å². The molecule has 4 heteroatoms. The van der Waals surface area contributed by atoms with Crippen molar-refractivity contribution < 1.29 is 0 Å². The molecule has 1 aromatic rings. The van der Waals surface area contributed by atoms with Gasteiger partial charge in [0, 0.05) is 0 Å². The van der Waals surface area contributed by atoms with Crippen LogP contribution in [0.4, 0.5) is 0 Å². The molecule has 0 aliphatic rings. The Labute approximate surface area is 60.2 Å². The van der Waals surface area contributed by atoms with Crippen molar-refractivity contribution in [1.29, 1.82) is 0 Å². The lowest BCUT2D eigenvalue weighted by atomic mass is 10.2. The predicted octanol–water partition coefficient (Wildman–Crippen LogP) is 0.834. The lowest BCUT2D eigenvalue weighted by Gasteiger charge is -2.08. The van der Waals surface area contributed by atoms with Crippen LogP contribution in [0, 0.1) is 6.33 Å². The van der Waals surface area contributed by atoms with Gasteiger partial charge in [-0.2, -0.15) is 0 Å². The van der Waals surface area contributed by atoms with E-state index in [1.54, 1.807) is 4.68 Å². The summed E-state index contributed by atoms with van der Waals surface area (Å²) in [5.74, 6) is 0. The molecule has 0 unspecified atom stereocenters. The van der Waals surface area contributed by atoms with Crippen LogP contribution < -0.4 is 0 Å². The molecule has 4 nitrogen and oxygen atoms in total. The first-order chi connectivity index (χ1) is 4.88. The maximum absolute atomic E-state index is 3.76. The zero-order valence-corrected chi connectivity index (χ0v) is 6.28. The highest BCUT2D eigenvalue weighted by Gasteiger charge is 2.05. The lowest BCUT2D eigenvalue weighted by Crippen LogP contribution is -2.07. The highest BCUT2D eigenvalue weighted by molar-refractivity contribution is 4.59. The maximum Gasteiger partial charge on any atom is 0.221 e. The molecule has 1 heterocycles. The van der Waals surface area contributed by atoms with Crippen LogP contribution in [-0.4, -0.2) is 20.2 Å². The van der Waals surface area contributed by atoms with Crippen LogP contribution in [0.15, 0.2) is 0 Å². The molecule has 55 valence electrons. The average molecular weight is 139 g/mol. The molecule has 1 rings (SSSR count). The number of rotatable bonds is 3. The Hall–Kier alpha value is -0.930. The predicted molar refractivity (Wildman–Crippen MR) is 36.3 cm³/mol. The standard InChI is InChI=1S/C6H11N4/c1-3-6(4-2)10-5-7-8-9-10/h6H,3-4H2,1-2H3. The van der Waals surface area contributed by atoms with Crippen molar-refractivity contribution in [2.24, 2.45) is 0 Å². The number of hydrogen-bond donors (Lipinski definition) is 0. The fourth-order valence-electron chi connectivity index (χ4n) is 0.938. The van der Waals surface area contributed by atoms with Gasteiger partial charge in [0.2, 0.25) is 6.33 Å². The minimum Gasteiger partial charge on any atom is -0.220 e. The molecule has 0 amide bonds. The Kier molecular flexibility index (Phi) is 2.36. The monoisotopic (exact) mass is 139 g/mol. The molecule has 0 aliphatic carbocycles. The highest BCUT2D eigenvalue weighted by atomic mass is 15.5. The minimum absolute atomic E-state index is 0.412. The molecule has 0 bridgehead atoms. The molecule has 1 aromatic heterocycles. The van der Waals surface area contributed by atoms with Crippen molar-refractivity contribution in [2.45, 2.75) is 32.7 Å². The third-order valence-corrected chi connectivity index (χ3v) is 1.62. The Morgan fingerprint density at radius 2 is 2.10 bits per heavy atom. The van der Waals surface area contributed by atoms with E-state index in [0.29, 0.717) is 6.04 Å². The van der Waals surface area contributed by atoms with Crippen LogP contribution in [0.3, 0.4) is 0 Å². The van der Waals surface area contributed by atoms with E-state index in [4.69, 9.17) is 0 Å². The van der Waals surface area contributed by atoms with Crippen LogP contribution in [0.5, 0.6) is 0 Å². The maximum atomic E-state index is 3.76. The van der Waals surface area contributed by atoms with E-state index in [2.05, 4.69) is 35.7 Å². The van der Waals surface area contributed by atoms with Gasteiger partial charge in [-0.15, -0.1) is 5.10 Å². The zero-order valence-electron chi connectivity index (χ0n) is 6.28. The van der Waals surface area contributed by atoms with Gasteiger partial charge in [0.25, 0.3) is 0 Å². The Morgan fingerprint density at radius 3 is 2.50 bits per heavy atom. The van der Waals surface area contributed by atoms with Crippen molar-refractivity contribution in [3.05, 3.63) is 6.33 Å². The number of nitrogens with zero attached hydrogens (tertiary/aromatic N) is 4. The Balaban J connectivity index is 2.64. The van der Waals surface area contributed by atoms with Gasteiger partial charge in [-0.1, -0.05) is 13.8 Å². The second kappa shape index (κ2) is 3.29. The second-order valence-electron chi connectivity index (χ2n) is 2.19. The van der Waals surface area contributed by atoms with Gasteiger partial charge >= 0.3 is 0 Å². The molecule has 1 radical (unpaired) electrons. The van der Waals surface area contributed by atoms with E-state index in [1.165, 1.54) is 0 Å². The molecule has 0 saturated heterocycles. The quantitative estimate of drug-likeness (QED) is 0.623. The number of hydrogen-bond acceptors (Lipinski definition) is 3. The third kappa shape index (κ3) is 1.32. The van der Waals surface area contributed by atoms with Gasteiger partial charge < -0.3 is 0 Å². The Bertz CT molecular complexity index is 166. The fraction of sp³-hybridized carbons (Fsp3) is 0.833. The number of tetrazole rings is 1. The van der Waals surface area contributed by atoms with Crippen molar-refractivity contribution >= 4 is 0 Å². The summed E-state index contributed by atoms with van der Waals surface area (Å²) < 4.78 is 1.68. The highest BCUT2D eigenvalue weighted by Crippen LogP contribution is 2.10. The molecule has 0 aliphatic heterocycles. The molecule has 0 saturated carbocycles. The SMILES string of the molecule is CCC(CC)n1[c]nnn1. The van der Waals surface area contributed by atoms with Gasteiger partial charge in [-0.05, 0) is 23.3 Å². The van der Waals surface area contributed by atoms with Crippen molar-refractivity contribution in [2.75, 3.05) is 0 Å². The van der Waals surface area contributed by atoms with E-state index in [0.717, 1.165) is 12.8 Å². The summed E-state index contributed by atoms with van der Waals surface area (Å²) in [4.78, 5) is 0. The van der Waals surface area contributed by atoms with E-state index >= 15 is 0 Å². The van der Waals surface area contributed by atoms with Crippen LogP contribution in [0.25, 0.3) is 0 Å². The molecule has 0 N–H and O–H groups in total. The first-order valence-corrected chi connectivity index (χ1v) is 3.54. The summed E-state index contributed by atoms with van der Waals surface area (Å²) in [6.07, 6.45) is 4.79. The second-order valence-corrected chi connectivity index (χ2v) is 2.19. The fourth-order valence-corrected chi connectivity index (χ4v) is 0.938. The van der Waals surface area contributed by atoms with E-state index in [1.807, 2.05) is 0 Å². The smallest absolute Gasteiger partial charge is 0.220 e. The van der Waals surface area contributed by atoms with Crippen LogP contribution in [0.1, 0.15) is 32.7 Å². The summed E-state index contributed by atoms with van der Waals surface area (Å²) >= 11 is 0. The third-order valence-electron chi connectivity index (χ3n) is 1.62. The number of aromatic nitrogens is 4. The minimum atomic E-state index is 0.412. The molecular formula is C6H11N4. The van der Waals surface area contributed by atoms with Gasteiger partial charge in [-0.3, -0.25) is 0 Å². The average Bonchev–Trinajstić information content (AvgIpc) is 2.43. The molecular weight excluding hydrogens is 128 g/mol. The summed E-state index contributed by atoms with van der Waals surface area (Å²) in [5.41, 5.74) is 0. The van der Waals surface area contributed by atoms with E-state index in [-0.39, 0.29) is 0 Å². The molecule has 10 heavy (non-hydrogen) atoms. The normalized spacial score (nSPS) is 10.7. The molecule has 0 atom stereocenters. The van der Waals surface area contributed by atoms with Crippen molar-refractivity contribution in [3.8, 4) is 0 Å². The van der Waals surface area contributed by atoms with Gasteiger partial charge in [0.05, 0.1) is 6.04 Å². The van der Waals surface area contributed by atoms with Gasteiger partial charge in [0.1, 0.15) is 0 Å². The lowest BCUT2D eigenvalue weighted by molar-refractivity contribution is 0.415. The van der Waals surface area contributed by atoms with Crippen LogP contribution in [0.2, 0.25) is 0 Å². The molecule has 0 aromatic carbocycles. The first kappa shape index (κ1) is 7.18. The summed E-state index contributed by atoms with van der Waals surface area (Å²) in [7, 11) is 0. The van der Waals surface area contributed by atoms with Crippen LogP contribution >= 0.6 is 0 Å². The van der Waals surface area contributed by atoms with E-state index < -0.39 is 0 Å².